The topological polar surface area (TPSA) is 3.24 Å². The first-order valence-corrected chi connectivity index (χ1v) is 23.8. The van der Waals surface area contributed by atoms with E-state index >= 15 is 0 Å². The van der Waals surface area contributed by atoms with Gasteiger partial charge in [0.25, 0.3) is 0 Å². The van der Waals surface area contributed by atoms with Crippen molar-refractivity contribution in [2.75, 3.05) is 4.90 Å². The maximum Gasteiger partial charge on any atom is 0.0726 e. The number of hydrogen-bond donors (Lipinski definition) is 0. The molecule has 0 heterocycles. The summed E-state index contributed by atoms with van der Waals surface area (Å²) in [6.07, 6.45) is 0. The minimum absolute atomic E-state index is 0.0820. The SMILES string of the molecule is CC(C)(C)c1ccc(-c2cccc3c2-c2ccccc2C32c3ccccc3-c3c(N(c4ccc5c(c4)C(C)(C)c4ccccc4-5)c4ccc5c(c4)C(C)(C)c4ccccc4-5)cccc32)cc1. The van der Waals surface area contributed by atoms with Crippen LogP contribution in [0.5, 0.6) is 0 Å². The van der Waals surface area contributed by atoms with Crippen molar-refractivity contribution in [1.82, 2.24) is 0 Å². The maximum absolute atomic E-state index is 2.59. The Morgan fingerprint density at radius 2 is 0.742 bits per heavy atom. The predicted molar refractivity (Wildman–Crippen MR) is 277 cm³/mol. The predicted octanol–water partition coefficient (Wildman–Crippen LogP) is 17.1. The van der Waals surface area contributed by atoms with Crippen LogP contribution >= 0.6 is 0 Å². The number of rotatable bonds is 4. The van der Waals surface area contributed by atoms with Gasteiger partial charge in [0.1, 0.15) is 0 Å². The first-order valence-electron chi connectivity index (χ1n) is 23.8. The number of nitrogens with zero attached hydrogens (tertiary/aromatic N) is 1. The van der Waals surface area contributed by atoms with E-state index in [1.165, 1.54) is 123 Å². The van der Waals surface area contributed by atoms with Gasteiger partial charge in [-0.25, -0.2) is 0 Å². The standard InChI is InChI=1S/C65H53N/c1-62(2,3)41-32-30-40(31-33-41)44-22-16-27-55-60(44)49-20-10-14-25-53(49)65(55)54-26-15-11-21-50(54)61-56(65)28-17-29-59(61)66(42-34-36-47-45-18-8-12-23-51(45)63(4,5)57(47)38-42)43-35-37-48-46-19-9-13-24-52(46)64(6,7)58(48)39-43/h8-39H,1-7H3. The molecule has 66 heavy (non-hydrogen) atoms. The summed E-state index contributed by atoms with van der Waals surface area (Å²) < 4.78 is 0. The second kappa shape index (κ2) is 13.4. The Kier molecular flexibility index (Phi) is 7.97. The van der Waals surface area contributed by atoms with E-state index in [1.807, 2.05) is 0 Å². The van der Waals surface area contributed by atoms with Gasteiger partial charge in [0.2, 0.25) is 0 Å². The van der Waals surface area contributed by atoms with E-state index in [2.05, 4.69) is 247 Å². The Bertz CT molecular complexity index is 3410. The highest BCUT2D eigenvalue weighted by Crippen LogP contribution is 2.66. The quantitative estimate of drug-likeness (QED) is 0.171. The van der Waals surface area contributed by atoms with Crippen LogP contribution in [0.3, 0.4) is 0 Å². The van der Waals surface area contributed by atoms with Gasteiger partial charge >= 0.3 is 0 Å². The number of anilines is 3. The normalized spacial score (nSPS) is 17.0. The largest absolute Gasteiger partial charge is 0.310 e. The van der Waals surface area contributed by atoms with Crippen molar-refractivity contribution in [3.8, 4) is 55.6 Å². The van der Waals surface area contributed by atoms with Gasteiger partial charge < -0.3 is 4.90 Å². The molecule has 1 heteroatoms. The molecule has 1 nitrogen and oxygen atoms in total. The van der Waals surface area contributed by atoms with Gasteiger partial charge in [-0.1, -0.05) is 212 Å². The molecule has 0 saturated heterocycles. The summed E-state index contributed by atoms with van der Waals surface area (Å²) in [6, 6.07) is 74.5. The average Bonchev–Trinajstić information content (AvgIpc) is 3.97. The number of benzene rings is 9. The number of hydrogen-bond acceptors (Lipinski definition) is 1. The minimum Gasteiger partial charge on any atom is -0.310 e. The van der Waals surface area contributed by atoms with Gasteiger partial charge in [-0.2, -0.15) is 0 Å². The lowest BCUT2D eigenvalue weighted by Crippen LogP contribution is -2.26. The van der Waals surface area contributed by atoms with Gasteiger partial charge in [0, 0.05) is 27.8 Å². The first-order chi connectivity index (χ1) is 31.9. The summed E-state index contributed by atoms with van der Waals surface area (Å²) in [5, 5.41) is 0. The van der Waals surface area contributed by atoms with Gasteiger partial charge in [-0.05, 0) is 136 Å². The van der Waals surface area contributed by atoms with E-state index in [0.29, 0.717) is 0 Å². The van der Waals surface area contributed by atoms with Gasteiger partial charge in [0.15, 0.2) is 0 Å². The first kappa shape index (κ1) is 39.2. The molecule has 0 amide bonds. The molecule has 0 radical (unpaired) electrons. The van der Waals surface area contributed by atoms with Gasteiger partial charge in [0.05, 0.1) is 11.1 Å². The van der Waals surface area contributed by atoms with E-state index in [0.717, 1.165) is 0 Å². The Morgan fingerprint density at radius 3 is 1.27 bits per heavy atom. The molecule has 1 atom stereocenters. The molecule has 1 unspecified atom stereocenters. The van der Waals surface area contributed by atoms with Crippen LogP contribution in [-0.2, 0) is 21.7 Å². The molecule has 9 aromatic rings. The lowest BCUT2D eigenvalue weighted by Gasteiger charge is -2.33. The summed E-state index contributed by atoms with van der Waals surface area (Å²) in [5.41, 5.74) is 28.2. The van der Waals surface area contributed by atoms with Crippen LogP contribution in [0, 0.1) is 0 Å². The van der Waals surface area contributed by atoms with Crippen LogP contribution in [-0.4, -0.2) is 0 Å². The van der Waals surface area contributed by atoms with Gasteiger partial charge in [-0.15, -0.1) is 0 Å². The van der Waals surface area contributed by atoms with Crippen molar-refractivity contribution in [1.29, 1.82) is 0 Å². The van der Waals surface area contributed by atoms with Crippen molar-refractivity contribution in [3.63, 3.8) is 0 Å². The molecule has 4 aliphatic rings. The molecule has 4 aliphatic carbocycles. The van der Waals surface area contributed by atoms with Crippen molar-refractivity contribution in [3.05, 3.63) is 244 Å². The Hall–Kier alpha value is -7.22. The smallest absolute Gasteiger partial charge is 0.0726 e. The second-order valence-corrected chi connectivity index (χ2v) is 21.2. The van der Waals surface area contributed by atoms with Crippen LogP contribution in [0.4, 0.5) is 17.1 Å². The highest BCUT2D eigenvalue weighted by molar-refractivity contribution is 6.04. The third kappa shape index (κ3) is 5.06. The molecule has 9 aromatic carbocycles. The lowest BCUT2D eigenvalue weighted by atomic mass is 9.70. The highest BCUT2D eigenvalue weighted by atomic mass is 15.1. The summed E-state index contributed by atoms with van der Waals surface area (Å²) in [7, 11) is 0. The highest BCUT2D eigenvalue weighted by Gasteiger charge is 2.53. The lowest BCUT2D eigenvalue weighted by molar-refractivity contribution is 0.590. The minimum atomic E-state index is -0.510. The fraction of sp³-hybridized carbons (Fsp3) is 0.169. The Balaban J connectivity index is 1.08. The molecule has 0 N–H and O–H groups in total. The van der Waals surface area contributed by atoms with Crippen molar-refractivity contribution >= 4 is 17.1 Å². The summed E-state index contributed by atoms with van der Waals surface area (Å²) in [5.74, 6) is 0. The molecule has 1 spiro atoms. The average molecular weight is 848 g/mol. The molecule has 13 rings (SSSR count). The van der Waals surface area contributed by atoms with E-state index in [9.17, 15) is 0 Å². The zero-order chi connectivity index (χ0) is 44.9. The third-order valence-electron chi connectivity index (χ3n) is 16.1. The fourth-order valence-electron chi connectivity index (χ4n) is 12.9. The van der Waals surface area contributed by atoms with E-state index in [-0.39, 0.29) is 16.2 Å². The zero-order valence-electron chi connectivity index (χ0n) is 38.9. The van der Waals surface area contributed by atoms with Crippen LogP contribution in [0.25, 0.3) is 55.6 Å². The molecule has 0 aromatic heterocycles. The van der Waals surface area contributed by atoms with E-state index in [1.54, 1.807) is 0 Å². The second-order valence-electron chi connectivity index (χ2n) is 21.2. The fourth-order valence-corrected chi connectivity index (χ4v) is 12.9. The zero-order valence-corrected chi connectivity index (χ0v) is 38.9. The van der Waals surface area contributed by atoms with Crippen LogP contribution in [0.15, 0.2) is 194 Å². The van der Waals surface area contributed by atoms with E-state index in [4.69, 9.17) is 0 Å². The third-order valence-corrected chi connectivity index (χ3v) is 16.1. The monoisotopic (exact) mass is 847 g/mol. The van der Waals surface area contributed by atoms with Crippen LogP contribution < -0.4 is 4.90 Å². The van der Waals surface area contributed by atoms with Crippen molar-refractivity contribution < 1.29 is 0 Å². The summed E-state index contributed by atoms with van der Waals surface area (Å²) in [6.45, 7) is 16.4. The summed E-state index contributed by atoms with van der Waals surface area (Å²) in [4.78, 5) is 2.59. The molecule has 0 saturated carbocycles. The molecular weight excluding hydrogens is 795 g/mol. The molecule has 0 fully saturated rings. The molecule has 0 aliphatic heterocycles. The molecule has 0 bridgehead atoms. The van der Waals surface area contributed by atoms with Crippen molar-refractivity contribution in [2.24, 2.45) is 0 Å². The van der Waals surface area contributed by atoms with Gasteiger partial charge in [-0.3, -0.25) is 0 Å². The molecular formula is C65H53N. The number of fused-ring (bicyclic) bond motifs is 16. The molecule has 318 valence electrons. The van der Waals surface area contributed by atoms with Crippen LogP contribution in [0.1, 0.15) is 98.5 Å². The summed E-state index contributed by atoms with van der Waals surface area (Å²) >= 11 is 0. The Morgan fingerprint density at radius 1 is 0.333 bits per heavy atom. The van der Waals surface area contributed by atoms with Crippen LogP contribution in [0.2, 0.25) is 0 Å². The maximum atomic E-state index is 2.59. The van der Waals surface area contributed by atoms with E-state index < -0.39 is 5.41 Å². The Labute approximate surface area is 390 Å². The van der Waals surface area contributed by atoms with Crippen molar-refractivity contribution in [2.45, 2.75) is 70.1 Å².